The lowest BCUT2D eigenvalue weighted by Gasteiger charge is -2.07. The van der Waals surface area contributed by atoms with E-state index in [1.165, 1.54) is 18.9 Å². The van der Waals surface area contributed by atoms with Gasteiger partial charge in [-0.3, -0.25) is 4.79 Å². The molecule has 27 heavy (non-hydrogen) atoms. The van der Waals surface area contributed by atoms with E-state index in [1.807, 2.05) is 42.1 Å². The average molecular weight is 384 g/mol. The lowest BCUT2D eigenvalue weighted by molar-refractivity contribution is 0.0599. The van der Waals surface area contributed by atoms with Gasteiger partial charge in [-0.05, 0) is 43.7 Å². The molecular weight excluding hydrogens is 364 g/mol. The first-order chi connectivity index (χ1) is 12.9. The summed E-state index contributed by atoms with van der Waals surface area (Å²) in [6.45, 7) is 3.46. The van der Waals surface area contributed by atoms with Crippen molar-refractivity contribution >= 4 is 29.3 Å². The molecule has 0 bridgehead atoms. The maximum atomic E-state index is 12.6. The maximum Gasteiger partial charge on any atom is 0.339 e. The number of hydrogen-bond donors (Lipinski definition) is 2. The van der Waals surface area contributed by atoms with Crippen LogP contribution in [0.1, 0.15) is 32.1 Å². The Morgan fingerprint density at radius 2 is 1.93 bits per heavy atom. The van der Waals surface area contributed by atoms with Crippen LogP contribution < -0.4 is 5.32 Å². The topological polar surface area (TPSA) is 89.0 Å². The van der Waals surface area contributed by atoms with E-state index in [1.54, 1.807) is 20.0 Å². The molecule has 0 aliphatic heterocycles. The van der Waals surface area contributed by atoms with Crippen molar-refractivity contribution in [1.29, 1.82) is 0 Å². The van der Waals surface area contributed by atoms with Gasteiger partial charge in [-0.2, -0.15) is 0 Å². The van der Waals surface area contributed by atoms with E-state index in [0.717, 1.165) is 10.1 Å². The highest BCUT2D eigenvalue weighted by Gasteiger charge is 2.22. The number of amides is 1. The fourth-order valence-electron chi connectivity index (χ4n) is 2.74. The van der Waals surface area contributed by atoms with E-state index in [9.17, 15) is 9.59 Å². The Kier molecular flexibility index (Phi) is 5.36. The van der Waals surface area contributed by atoms with E-state index in [-0.39, 0.29) is 5.91 Å². The van der Waals surface area contributed by atoms with Gasteiger partial charge in [0.15, 0.2) is 5.16 Å². The molecule has 1 aromatic carbocycles. The number of aromatic nitrogens is 3. The highest BCUT2D eigenvalue weighted by atomic mass is 32.2. The third kappa shape index (κ3) is 3.90. The number of imidazole rings is 1. The lowest BCUT2D eigenvalue weighted by atomic mass is 10.1. The van der Waals surface area contributed by atoms with Crippen molar-refractivity contribution < 1.29 is 14.3 Å². The van der Waals surface area contributed by atoms with Crippen LogP contribution >= 0.6 is 11.8 Å². The quantitative estimate of drug-likeness (QED) is 0.657. The van der Waals surface area contributed by atoms with Crippen LogP contribution in [0.3, 0.4) is 0 Å². The van der Waals surface area contributed by atoms with Crippen LogP contribution in [0.4, 0.5) is 5.69 Å². The lowest BCUT2D eigenvalue weighted by Crippen LogP contribution is -2.14. The fourth-order valence-corrected chi connectivity index (χ4v) is 3.54. The standard InChI is InChI=1S/C19H20N4O3S/c1-11-15(18(25)26-4)12(2)21-16(11)17(24)22-13-5-7-14(8-6-13)27-19-20-9-10-23(19)3/h5-10,21H,1-4H3,(H,22,24). The number of esters is 1. The zero-order valence-electron chi connectivity index (χ0n) is 15.5. The first kappa shape index (κ1) is 18.8. The second kappa shape index (κ2) is 7.71. The number of nitrogens with one attached hydrogen (secondary N) is 2. The Bertz CT molecular complexity index is 989. The number of methoxy groups -OCH3 is 1. The van der Waals surface area contributed by atoms with Gasteiger partial charge < -0.3 is 19.6 Å². The minimum Gasteiger partial charge on any atom is -0.465 e. The number of benzene rings is 1. The van der Waals surface area contributed by atoms with E-state index in [0.29, 0.717) is 28.2 Å². The number of nitrogens with zero attached hydrogens (tertiary/aromatic N) is 2. The molecule has 0 unspecified atom stereocenters. The van der Waals surface area contributed by atoms with Gasteiger partial charge >= 0.3 is 5.97 Å². The van der Waals surface area contributed by atoms with Crippen molar-refractivity contribution in [3.05, 3.63) is 59.2 Å². The van der Waals surface area contributed by atoms with Gasteiger partial charge in [0.25, 0.3) is 5.91 Å². The summed E-state index contributed by atoms with van der Waals surface area (Å²) in [7, 11) is 3.26. The zero-order chi connectivity index (χ0) is 19.6. The molecule has 7 nitrogen and oxygen atoms in total. The molecule has 8 heteroatoms. The van der Waals surface area contributed by atoms with Gasteiger partial charge in [-0.15, -0.1) is 0 Å². The van der Waals surface area contributed by atoms with Crippen LogP contribution in [-0.4, -0.2) is 33.5 Å². The van der Waals surface area contributed by atoms with E-state index in [2.05, 4.69) is 15.3 Å². The van der Waals surface area contributed by atoms with Gasteiger partial charge in [0, 0.05) is 35.7 Å². The zero-order valence-corrected chi connectivity index (χ0v) is 16.3. The van der Waals surface area contributed by atoms with Crippen LogP contribution in [0.25, 0.3) is 0 Å². The van der Waals surface area contributed by atoms with Gasteiger partial charge in [0.1, 0.15) is 5.69 Å². The molecule has 0 fully saturated rings. The highest BCUT2D eigenvalue weighted by Crippen LogP contribution is 2.27. The SMILES string of the molecule is COC(=O)c1c(C)[nH]c(C(=O)Nc2ccc(Sc3nccn3C)cc2)c1C. The Morgan fingerprint density at radius 1 is 1.22 bits per heavy atom. The summed E-state index contributed by atoms with van der Waals surface area (Å²) < 4.78 is 6.71. The Morgan fingerprint density at radius 3 is 2.52 bits per heavy atom. The molecule has 2 aromatic heterocycles. The normalized spacial score (nSPS) is 10.7. The summed E-state index contributed by atoms with van der Waals surface area (Å²) in [5.74, 6) is -0.772. The predicted octanol–water partition coefficient (Wildman–Crippen LogP) is 3.56. The third-order valence-electron chi connectivity index (χ3n) is 4.15. The number of H-pyrrole nitrogens is 1. The van der Waals surface area contributed by atoms with E-state index in [4.69, 9.17) is 4.74 Å². The number of ether oxygens (including phenoxy) is 1. The highest BCUT2D eigenvalue weighted by molar-refractivity contribution is 7.99. The van der Waals surface area contributed by atoms with Crippen molar-refractivity contribution in [3.63, 3.8) is 0 Å². The van der Waals surface area contributed by atoms with E-state index < -0.39 is 5.97 Å². The summed E-state index contributed by atoms with van der Waals surface area (Å²) in [5, 5.41) is 3.73. The molecule has 0 spiro atoms. The number of carbonyl (C=O) groups excluding carboxylic acids is 2. The molecule has 1 amide bonds. The van der Waals surface area contributed by atoms with Crippen molar-refractivity contribution in [3.8, 4) is 0 Å². The molecule has 0 saturated carbocycles. The number of anilines is 1. The van der Waals surface area contributed by atoms with Crippen LogP contribution in [0.15, 0.2) is 46.7 Å². The molecule has 0 atom stereocenters. The van der Waals surface area contributed by atoms with Gasteiger partial charge in [0.05, 0.1) is 12.7 Å². The minimum atomic E-state index is -0.462. The predicted molar refractivity (Wildman–Crippen MR) is 103 cm³/mol. The monoisotopic (exact) mass is 384 g/mol. The molecule has 0 aliphatic rings. The minimum absolute atomic E-state index is 0.310. The number of hydrogen-bond acceptors (Lipinski definition) is 5. The molecular formula is C19H20N4O3S. The summed E-state index contributed by atoms with van der Waals surface area (Å²) in [5.41, 5.74) is 2.57. The smallest absolute Gasteiger partial charge is 0.339 e. The molecule has 3 rings (SSSR count). The molecule has 2 N–H and O–H groups in total. The van der Waals surface area contributed by atoms with Gasteiger partial charge in [-0.25, -0.2) is 9.78 Å². The van der Waals surface area contributed by atoms with Gasteiger partial charge in [-0.1, -0.05) is 11.8 Å². The fraction of sp³-hybridized carbons (Fsp3) is 0.211. The summed E-state index contributed by atoms with van der Waals surface area (Å²) >= 11 is 1.54. The Labute approximate surface area is 161 Å². The Balaban J connectivity index is 1.73. The second-order valence-electron chi connectivity index (χ2n) is 6.02. The van der Waals surface area contributed by atoms with Crippen molar-refractivity contribution in [2.24, 2.45) is 7.05 Å². The first-order valence-electron chi connectivity index (χ1n) is 8.24. The number of aryl methyl sites for hydroxylation is 2. The van der Waals surface area contributed by atoms with Crippen LogP contribution in [-0.2, 0) is 11.8 Å². The molecule has 140 valence electrons. The van der Waals surface area contributed by atoms with Gasteiger partial charge in [0.2, 0.25) is 0 Å². The molecule has 0 saturated heterocycles. The molecule has 0 aliphatic carbocycles. The van der Waals surface area contributed by atoms with Crippen LogP contribution in [0.2, 0.25) is 0 Å². The van der Waals surface area contributed by atoms with Crippen molar-refractivity contribution in [2.75, 3.05) is 12.4 Å². The maximum absolute atomic E-state index is 12.6. The average Bonchev–Trinajstić information content (AvgIpc) is 3.18. The number of aromatic amines is 1. The summed E-state index contributed by atoms with van der Waals surface area (Å²) in [6.07, 6.45) is 3.64. The molecule has 0 radical (unpaired) electrons. The third-order valence-corrected chi connectivity index (χ3v) is 5.24. The number of rotatable bonds is 5. The van der Waals surface area contributed by atoms with Crippen LogP contribution in [0.5, 0.6) is 0 Å². The summed E-state index contributed by atoms with van der Waals surface area (Å²) in [6, 6.07) is 7.49. The Hall–Kier alpha value is -3.00. The first-order valence-corrected chi connectivity index (χ1v) is 9.06. The van der Waals surface area contributed by atoms with Crippen molar-refractivity contribution in [1.82, 2.24) is 14.5 Å². The van der Waals surface area contributed by atoms with Crippen molar-refractivity contribution in [2.45, 2.75) is 23.9 Å². The number of carbonyl (C=O) groups is 2. The largest absolute Gasteiger partial charge is 0.465 e. The summed E-state index contributed by atoms with van der Waals surface area (Å²) in [4.78, 5) is 32.7. The molecule has 2 heterocycles. The second-order valence-corrected chi connectivity index (χ2v) is 7.06. The van der Waals surface area contributed by atoms with Crippen LogP contribution in [0, 0.1) is 13.8 Å². The van der Waals surface area contributed by atoms with E-state index >= 15 is 0 Å². The molecule has 3 aromatic rings.